The number of amides is 1. The Labute approximate surface area is 131 Å². The fraction of sp³-hybridized carbons (Fsp3) is 0.533. The summed E-state index contributed by atoms with van der Waals surface area (Å²) in [5.74, 6) is -0.500. The fourth-order valence-electron chi connectivity index (χ4n) is 1.94. The minimum atomic E-state index is -3.41. The lowest BCUT2D eigenvalue weighted by atomic mass is 10.1. The smallest absolute Gasteiger partial charge is 0.235 e. The van der Waals surface area contributed by atoms with E-state index >= 15 is 0 Å². The van der Waals surface area contributed by atoms with Crippen LogP contribution in [0.4, 0.5) is 4.39 Å². The lowest BCUT2D eigenvalue weighted by Crippen LogP contribution is -2.42. The molecule has 0 unspecified atom stereocenters. The molecule has 124 valence electrons. The molecule has 1 aromatic carbocycles. The number of hydrogen-bond donors (Lipinski definition) is 1. The molecule has 0 bridgehead atoms. The van der Waals surface area contributed by atoms with Gasteiger partial charge in [0.25, 0.3) is 0 Å². The van der Waals surface area contributed by atoms with Gasteiger partial charge in [-0.25, -0.2) is 12.8 Å². The largest absolute Gasteiger partial charge is 0.355 e. The summed E-state index contributed by atoms with van der Waals surface area (Å²) in [5.41, 5.74) is 0.906. The summed E-state index contributed by atoms with van der Waals surface area (Å²) in [6.07, 6.45) is 1.66. The first-order chi connectivity index (χ1) is 10.2. The third kappa shape index (κ3) is 7.00. The Bertz CT molecular complexity index is 585. The van der Waals surface area contributed by atoms with E-state index in [2.05, 4.69) is 5.32 Å². The molecule has 0 saturated heterocycles. The van der Waals surface area contributed by atoms with Gasteiger partial charge in [-0.15, -0.1) is 0 Å². The van der Waals surface area contributed by atoms with E-state index in [9.17, 15) is 17.6 Å². The molecule has 5 nitrogen and oxygen atoms in total. The van der Waals surface area contributed by atoms with Gasteiger partial charge in [-0.3, -0.25) is 4.79 Å². The highest BCUT2D eigenvalue weighted by Gasteiger charge is 2.20. The van der Waals surface area contributed by atoms with Crippen molar-refractivity contribution in [3.8, 4) is 0 Å². The molecule has 1 rings (SSSR count). The summed E-state index contributed by atoms with van der Waals surface area (Å²) in [6.45, 7) is 4.30. The standard InChI is InChI=1S/C15H23FN2O3S/c1-12(2)10-18(22(3,20)21)11-15(19)17-9-8-13-4-6-14(16)7-5-13/h4-7,12H,8-11H2,1-3H3,(H,17,19). The number of sulfonamides is 1. The zero-order valence-electron chi connectivity index (χ0n) is 13.2. The van der Waals surface area contributed by atoms with Crippen LogP contribution < -0.4 is 5.32 Å². The molecular formula is C15H23FN2O3S. The maximum atomic E-state index is 12.8. The van der Waals surface area contributed by atoms with Crippen molar-refractivity contribution in [2.45, 2.75) is 20.3 Å². The van der Waals surface area contributed by atoms with Gasteiger partial charge in [0.2, 0.25) is 15.9 Å². The number of carbonyl (C=O) groups excluding carboxylic acids is 1. The van der Waals surface area contributed by atoms with Gasteiger partial charge in [0.1, 0.15) is 5.82 Å². The Morgan fingerprint density at radius 2 is 1.86 bits per heavy atom. The molecule has 1 N–H and O–H groups in total. The van der Waals surface area contributed by atoms with Crippen molar-refractivity contribution >= 4 is 15.9 Å². The van der Waals surface area contributed by atoms with Crippen LogP contribution in [0, 0.1) is 11.7 Å². The molecule has 7 heteroatoms. The maximum Gasteiger partial charge on any atom is 0.235 e. The number of carbonyl (C=O) groups is 1. The molecule has 0 radical (unpaired) electrons. The Balaban J connectivity index is 2.45. The van der Waals surface area contributed by atoms with Crippen LogP contribution in [0.3, 0.4) is 0 Å². The Hall–Kier alpha value is -1.47. The van der Waals surface area contributed by atoms with Crippen molar-refractivity contribution in [1.82, 2.24) is 9.62 Å². The van der Waals surface area contributed by atoms with E-state index in [1.165, 1.54) is 16.4 Å². The van der Waals surface area contributed by atoms with Gasteiger partial charge in [-0.1, -0.05) is 26.0 Å². The number of benzene rings is 1. The molecule has 0 saturated carbocycles. The van der Waals surface area contributed by atoms with Crippen LogP contribution in [0.1, 0.15) is 19.4 Å². The van der Waals surface area contributed by atoms with Crippen molar-refractivity contribution in [2.24, 2.45) is 5.92 Å². The second kappa shape index (κ2) is 8.24. The van der Waals surface area contributed by atoms with E-state index in [1.54, 1.807) is 12.1 Å². The van der Waals surface area contributed by atoms with Crippen molar-refractivity contribution < 1.29 is 17.6 Å². The number of halogens is 1. The lowest BCUT2D eigenvalue weighted by Gasteiger charge is -2.21. The quantitative estimate of drug-likeness (QED) is 0.783. The molecule has 0 aliphatic carbocycles. The van der Waals surface area contributed by atoms with E-state index < -0.39 is 10.0 Å². The predicted molar refractivity (Wildman–Crippen MR) is 84.4 cm³/mol. The Morgan fingerprint density at radius 1 is 1.27 bits per heavy atom. The average Bonchev–Trinajstić information content (AvgIpc) is 2.39. The SMILES string of the molecule is CC(C)CN(CC(=O)NCCc1ccc(F)cc1)S(C)(=O)=O. The van der Waals surface area contributed by atoms with E-state index in [4.69, 9.17) is 0 Å². The molecule has 0 aromatic heterocycles. The van der Waals surface area contributed by atoms with Gasteiger partial charge in [-0.2, -0.15) is 4.31 Å². The van der Waals surface area contributed by atoms with Crippen LogP contribution in [0.2, 0.25) is 0 Å². The number of nitrogens with one attached hydrogen (secondary N) is 1. The van der Waals surface area contributed by atoms with Gasteiger partial charge in [-0.05, 0) is 30.0 Å². The predicted octanol–water partition coefficient (Wildman–Crippen LogP) is 1.40. The third-order valence-electron chi connectivity index (χ3n) is 3.01. The summed E-state index contributed by atoms with van der Waals surface area (Å²) >= 11 is 0. The molecule has 0 fully saturated rings. The van der Waals surface area contributed by atoms with Crippen LogP contribution in [-0.4, -0.2) is 44.5 Å². The molecule has 1 aromatic rings. The first-order valence-electron chi connectivity index (χ1n) is 7.14. The van der Waals surface area contributed by atoms with Crippen LogP contribution in [-0.2, 0) is 21.2 Å². The van der Waals surface area contributed by atoms with E-state index in [-0.39, 0.29) is 24.2 Å². The minimum absolute atomic E-state index is 0.141. The van der Waals surface area contributed by atoms with Crippen LogP contribution in [0.5, 0.6) is 0 Å². The summed E-state index contributed by atoms with van der Waals surface area (Å²) in [5, 5.41) is 2.68. The summed E-state index contributed by atoms with van der Waals surface area (Å²) in [4.78, 5) is 11.8. The maximum absolute atomic E-state index is 12.8. The van der Waals surface area contributed by atoms with E-state index in [0.717, 1.165) is 11.8 Å². The van der Waals surface area contributed by atoms with E-state index in [1.807, 2.05) is 13.8 Å². The third-order valence-corrected chi connectivity index (χ3v) is 4.22. The summed E-state index contributed by atoms with van der Waals surface area (Å²) < 4.78 is 37.2. The number of hydrogen-bond acceptors (Lipinski definition) is 3. The van der Waals surface area contributed by atoms with Crippen molar-refractivity contribution in [3.05, 3.63) is 35.6 Å². The van der Waals surface area contributed by atoms with Crippen LogP contribution in [0.25, 0.3) is 0 Å². The summed E-state index contributed by atoms with van der Waals surface area (Å²) in [7, 11) is -3.41. The second-order valence-electron chi connectivity index (χ2n) is 5.68. The zero-order valence-corrected chi connectivity index (χ0v) is 14.0. The topological polar surface area (TPSA) is 66.5 Å². The van der Waals surface area contributed by atoms with Gasteiger partial charge in [0.15, 0.2) is 0 Å². The fourth-order valence-corrected chi connectivity index (χ4v) is 2.86. The minimum Gasteiger partial charge on any atom is -0.355 e. The molecule has 0 heterocycles. The molecule has 0 aliphatic rings. The Morgan fingerprint density at radius 3 is 2.36 bits per heavy atom. The highest BCUT2D eigenvalue weighted by Crippen LogP contribution is 2.04. The molecule has 0 atom stereocenters. The number of rotatable bonds is 8. The first-order valence-corrected chi connectivity index (χ1v) is 8.99. The van der Waals surface area contributed by atoms with Crippen molar-refractivity contribution in [1.29, 1.82) is 0 Å². The molecular weight excluding hydrogens is 307 g/mol. The van der Waals surface area contributed by atoms with Crippen LogP contribution >= 0.6 is 0 Å². The molecule has 1 amide bonds. The zero-order chi connectivity index (χ0) is 16.8. The van der Waals surface area contributed by atoms with Gasteiger partial charge in [0.05, 0.1) is 12.8 Å². The first kappa shape index (κ1) is 18.6. The lowest BCUT2D eigenvalue weighted by molar-refractivity contribution is -0.121. The second-order valence-corrected chi connectivity index (χ2v) is 7.66. The van der Waals surface area contributed by atoms with Crippen LogP contribution in [0.15, 0.2) is 24.3 Å². The van der Waals surface area contributed by atoms with Crippen molar-refractivity contribution in [3.63, 3.8) is 0 Å². The van der Waals surface area contributed by atoms with Gasteiger partial charge < -0.3 is 5.32 Å². The van der Waals surface area contributed by atoms with Gasteiger partial charge >= 0.3 is 0 Å². The highest BCUT2D eigenvalue weighted by molar-refractivity contribution is 7.88. The molecule has 22 heavy (non-hydrogen) atoms. The molecule has 0 spiro atoms. The molecule has 0 aliphatic heterocycles. The monoisotopic (exact) mass is 330 g/mol. The average molecular weight is 330 g/mol. The highest BCUT2D eigenvalue weighted by atomic mass is 32.2. The number of nitrogens with zero attached hydrogens (tertiary/aromatic N) is 1. The van der Waals surface area contributed by atoms with E-state index in [0.29, 0.717) is 19.5 Å². The van der Waals surface area contributed by atoms with Gasteiger partial charge in [0, 0.05) is 13.1 Å². The van der Waals surface area contributed by atoms with Crippen molar-refractivity contribution in [2.75, 3.05) is 25.9 Å². The summed E-state index contributed by atoms with van der Waals surface area (Å²) in [6, 6.07) is 6.04. The normalized spacial score (nSPS) is 11.9. The Kier molecular flexibility index (Phi) is 6.96.